The van der Waals surface area contributed by atoms with Gasteiger partial charge in [-0.05, 0) is 44.5 Å². The van der Waals surface area contributed by atoms with Crippen LogP contribution in [0.4, 0.5) is 8.78 Å². The molecule has 1 saturated heterocycles. The summed E-state index contributed by atoms with van der Waals surface area (Å²) in [7, 11) is 0. The van der Waals surface area contributed by atoms with Crippen LogP contribution in [0.15, 0.2) is 18.2 Å². The first kappa shape index (κ1) is 19.8. The molecule has 3 atom stereocenters. The molecule has 2 N–H and O–H groups in total. The van der Waals surface area contributed by atoms with Crippen LogP contribution in [-0.2, 0) is 9.53 Å². The van der Waals surface area contributed by atoms with Gasteiger partial charge in [0.1, 0.15) is 6.10 Å². The molecule has 23 heavy (non-hydrogen) atoms. The van der Waals surface area contributed by atoms with Crippen molar-refractivity contribution in [1.82, 2.24) is 10.6 Å². The third kappa shape index (κ3) is 5.12. The van der Waals surface area contributed by atoms with Crippen molar-refractivity contribution in [3.05, 3.63) is 35.4 Å². The third-order valence-corrected chi connectivity index (χ3v) is 3.97. The second-order valence-electron chi connectivity index (χ2n) is 5.49. The SMILES string of the molecule is CCOC(C)C(=O)NC1CNCCC1c1ccc(F)c(F)c1.Cl. The maximum atomic E-state index is 13.5. The van der Waals surface area contributed by atoms with E-state index in [0.717, 1.165) is 19.0 Å². The van der Waals surface area contributed by atoms with Crippen molar-refractivity contribution in [3.8, 4) is 0 Å². The van der Waals surface area contributed by atoms with Crippen molar-refractivity contribution in [2.45, 2.75) is 38.3 Å². The molecule has 0 aromatic heterocycles. The number of nitrogens with one attached hydrogen (secondary N) is 2. The number of rotatable bonds is 5. The molecule has 0 saturated carbocycles. The minimum atomic E-state index is -0.858. The summed E-state index contributed by atoms with van der Waals surface area (Å²) in [4.78, 5) is 12.1. The first-order valence-corrected chi connectivity index (χ1v) is 7.60. The molecule has 0 spiro atoms. The van der Waals surface area contributed by atoms with Gasteiger partial charge in [-0.1, -0.05) is 6.07 Å². The fourth-order valence-electron chi connectivity index (χ4n) is 2.78. The number of halogens is 3. The van der Waals surface area contributed by atoms with Crippen LogP contribution in [0.5, 0.6) is 0 Å². The zero-order valence-corrected chi connectivity index (χ0v) is 14.1. The van der Waals surface area contributed by atoms with Gasteiger partial charge < -0.3 is 15.4 Å². The van der Waals surface area contributed by atoms with Crippen LogP contribution in [0.25, 0.3) is 0 Å². The van der Waals surface area contributed by atoms with Crippen LogP contribution in [0.2, 0.25) is 0 Å². The Hall–Kier alpha value is -1.24. The van der Waals surface area contributed by atoms with Gasteiger partial charge in [0.05, 0.1) is 0 Å². The van der Waals surface area contributed by atoms with Gasteiger partial charge in [-0.3, -0.25) is 4.79 Å². The predicted molar refractivity (Wildman–Crippen MR) is 86.9 cm³/mol. The van der Waals surface area contributed by atoms with Crippen LogP contribution in [0.1, 0.15) is 31.7 Å². The van der Waals surface area contributed by atoms with E-state index < -0.39 is 17.7 Å². The fraction of sp³-hybridized carbons (Fsp3) is 0.562. The quantitative estimate of drug-likeness (QED) is 0.859. The number of hydrogen-bond acceptors (Lipinski definition) is 3. The van der Waals surface area contributed by atoms with Crippen molar-refractivity contribution in [3.63, 3.8) is 0 Å². The molecular formula is C16H23ClF2N2O2. The second kappa shape index (κ2) is 9.15. The molecule has 130 valence electrons. The molecule has 1 heterocycles. The van der Waals surface area contributed by atoms with Gasteiger partial charge in [0.15, 0.2) is 11.6 Å². The lowest BCUT2D eigenvalue weighted by Crippen LogP contribution is -2.52. The minimum Gasteiger partial charge on any atom is -0.369 e. The van der Waals surface area contributed by atoms with Gasteiger partial charge in [0.25, 0.3) is 0 Å². The molecule has 0 bridgehead atoms. The minimum absolute atomic E-state index is 0. The molecular weight excluding hydrogens is 326 g/mol. The normalized spacial score (nSPS) is 22.1. The summed E-state index contributed by atoms with van der Waals surface area (Å²) in [6.45, 7) is 5.35. The molecule has 1 aromatic rings. The zero-order valence-electron chi connectivity index (χ0n) is 13.3. The summed E-state index contributed by atoms with van der Waals surface area (Å²) in [6.07, 6.45) is 0.219. The van der Waals surface area contributed by atoms with Crippen molar-refractivity contribution < 1.29 is 18.3 Å². The Morgan fingerprint density at radius 2 is 2.17 bits per heavy atom. The molecule has 0 radical (unpaired) electrons. The van der Waals surface area contributed by atoms with Crippen molar-refractivity contribution in [2.75, 3.05) is 19.7 Å². The largest absolute Gasteiger partial charge is 0.369 e. The van der Waals surface area contributed by atoms with Crippen LogP contribution < -0.4 is 10.6 Å². The number of hydrogen-bond donors (Lipinski definition) is 2. The number of carbonyl (C=O) groups is 1. The summed E-state index contributed by atoms with van der Waals surface area (Å²) in [6, 6.07) is 3.76. The highest BCUT2D eigenvalue weighted by Crippen LogP contribution is 2.27. The molecule has 1 aliphatic rings. The van der Waals surface area contributed by atoms with Crippen molar-refractivity contribution >= 4 is 18.3 Å². The molecule has 3 unspecified atom stereocenters. The first-order chi connectivity index (χ1) is 10.5. The van der Waals surface area contributed by atoms with E-state index in [-0.39, 0.29) is 30.3 Å². The van der Waals surface area contributed by atoms with Gasteiger partial charge in [-0.25, -0.2) is 8.78 Å². The Kier molecular flexibility index (Phi) is 7.88. The van der Waals surface area contributed by atoms with E-state index in [1.807, 2.05) is 6.92 Å². The highest BCUT2D eigenvalue weighted by atomic mass is 35.5. The summed E-state index contributed by atoms with van der Waals surface area (Å²) in [5, 5.41) is 6.16. The number of piperidine rings is 1. The Bertz CT molecular complexity index is 531. The molecule has 1 fully saturated rings. The summed E-state index contributed by atoms with van der Waals surface area (Å²) in [5.41, 5.74) is 0.703. The van der Waals surface area contributed by atoms with Crippen LogP contribution in [0.3, 0.4) is 0 Å². The van der Waals surface area contributed by atoms with E-state index in [0.29, 0.717) is 18.7 Å². The van der Waals surface area contributed by atoms with Gasteiger partial charge in [-0.2, -0.15) is 0 Å². The molecule has 1 aromatic carbocycles. The van der Waals surface area contributed by atoms with Gasteiger partial charge in [0.2, 0.25) is 5.91 Å². The second-order valence-corrected chi connectivity index (χ2v) is 5.49. The first-order valence-electron chi connectivity index (χ1n) is 7.60. The molecule has 0 aliphatic carbocycles. The van der Waals surface area contributed by atoms with E-state index in [1.165, 1.54) is 6.07 Å². The Labute approximate surface area is 141 Å². The van der Waals surface area contributed by atoms with E-state index in [1.54, 1.807) is 13.0 Å². The lowest BCUT2D eigenvalue weighted by atomic mass is 9.86. The Morgan fingerprint density at radius 3 is 2.83 bits per heavy atom. The number of carbonyl (C=O) groups excluding carboxylic acids is 1. The Balaban J connectivity index is 0.00000264. The molecule has 1 amide bonds. The predicted octanol–water partition coefficient (Wildman–Crippen LogP) is 2.37. The average Bonchev–Trinajstić information content (AvgIpc) is 2.51. The summed E-state index contributed by atoms with van der Waals surface area (Å²) >= 11 is 0. The molecule has 1 aliphatic heterocycles. The highest BCUT2D eigenvalue weighted by Gasteiger charge is 2.29. The standard InChI is InChI=1S/C16H22F2N2O2.ClH/c1-3-22-10(2)16(21)20-15-9-19-7-6-12(15)11-4-5-13(17)14(18)8-11;/h4-5,8,10,12,15,19H,3,6-7,9H2,1-2H3,(H,20,21);1H. The van der Waals surface area contributed by atoms with Crippen molar-refractivity contribution in [2.24, 2.45) is 0 Å². The maximum Gasteiger partial charge on any atom is 0.249 e. The molecule has 7 heteroatoms. The van der Waals surface area contributed by atoms with Gasteiger partial charge in [0, 0.05) is 25.1 Å². The van der Waals surface area contributed by atoms with E-state index in [2.05, 4.69) is 10.6 Å². The summed E-state index contributed by atoms with van der Waals surface area (Å²) < 4.78 is 31.8. The van der Waals surface area contributed by atoms with E-state index >= 15 is 0 Å². The smallest absolute Gasteiger partial charge is 0.249 e. The van der Waals surface area contributed by atoms with E-state index in [9.17, 15) is 13.6 Å². The van der Waals surface area contributed by atoms with Crippen LogP contribution in [-0.4, -0.2) is 37.7 Å². The average molecular weight is 349 g/mol. The number of amides is 1. The third-order valence-electron chi connectivity index (χ3n) is 3.97. The lowest BCUT2D eigenvalue weighted by molar-refractivity contribution is -0.132. The molecule has 4 nitrogen and oxygen atoms in total. The number of ether oxygens (including phenoxy) is 1. The topological polar surface area (TPSA) is 50.4 Å². The van der Waals surface area contributed by atoms with Gasteiger partial charge >= 0.3 is 0 Å². The lowest BCUT2D eigenvalue weighted by Gasteiger charge is -2.33. The molecule has 2 rings (SSSR count). The Morgan fingerprint density at radius 1 is 1.43 bits per heavy atom. The maximum absolute atomic E-state index is 13.5. The van der Waals surface area contributed by atoms with Crippen LogP contribution in [0, 0.1) is 11.6 Å². The monoisotopic (exact) mass is 348 g/mol. The van der Waals surface area contributed by atoms with E-state index in [4.69, 9.17) is 4.74 Å². The van der Waals surface area contributed by atoms with Gasteiger partial charge in [-0.15, -0.1) is 12.4 Å². The number of benzene rings is 1. The van der Waals surface area contributed by atoms with Crippen molar-refractivity contribution in [1.29, 1.82) is 0 Å². The fourth-order valence-corrected chi connectivity index (χ4v) is 2.78. The highest BCUT2D eigenvalue weighted by molar-refractivity contribution is 5.85. The zero-order chi connectivity index (χ0) is 16.1. The summed E-state index contributed by atoms with van der Waals surface area (Å²) in [5.74, 6) is -1.95. The van der Waals surface area contributed by atoms with Crippen LogP contribution >= 0.6 is 12.4 Å².